The molecule has 7 nitrogen and oxygen atoms in total. The zero-order valence-corrected chi connectivity index (χ0v) is 21.1. The van der Waals surface area contributed by atoms with Crippen LogP contribution in [0.3, 0.4) is 0 Å². The van der Waals surface area contributed by atoms with Gasteiger partial charge in [-0.05, 0) is 56.5 Å². The summed E-state index contributed by atoms with van der Waals surface area (Å²) in [6, 6.07) is 5.02. The zero-order valence-electron chi connectivity index (χ0n) is 19.3. The molecule has 1 rings (SSSR count). The van der Waals surface area contributed by atoms with E-state index in [0.29, 0.717) is 13.0 Å². The molecule has 0 radical (unpaired) electrons. The number of esters is 1. The van der Waals surface area contributed by atoms with Gasteiger partial charge in [-0.3, -0.25) is 14.7 Å². The Kier molecular flexibility index (Phi) is 16.8. The van der Waals surface area contributed by atoms with Gasteiger partial charge >= 0.3 is 35.5 Å². The van der Waals surface area contributed by atoms with Crippen LogP contribution < -0.4 is 39.6 Å². The molecule has 0 aliphatic heterocycles. The quantitative estimate of drug-likeness (QED) is 0.0860. The summed E-state index contributed by atoms with van der Waals surface area (Å²) in [5.74, 6) is -0.150. The van der Waals surface area contributed by atoms with Crippen molar-refractivity contribution in [2.24, 2.45) is 0 Å². The number of unbranched alkanes of at least 4 members (excludes halogenated alkanes) is 7. The van der Waals surface area contributed by atoms with Crippen molar-refractivity contribution in [1.82, 2.24) is 5.32 Å². The summed E-state index contributed by atoms with van der Waals surface area (Å²) in [5, 5.41) is 13.0. The van der Waals surface area contributed by atoms with E-state index in [1.807, 2.05) is 0 Å². The third kappa shape index (κ3) is 14.5. The fourth-order valence-corrected chi connectivity index (χ4v) is 3.40. The van der Waals surface area contributed by atoms with Crippen LogP contribution in [0, 0.1) is 0 Å². The van der Waals surface area contributed by atoms with Gasteiger partial charge in [-0.1, -0.05) is 45.4 Å². The van der Waals surface area contributed by atoms with Crippen LogP contribution in [0.2, 0.25) is 0 Å². The molecule has 0 saturated heterocycles. The summed E-state index contributed by atoms with van der Waals surface area (Å²) in [7, 11) is -4.25. The van der Waals surface area contributed by atoms with E-state index in [2.05, 4.69) is 12.2 Å². The first kappa shape index (κ1) is 29.5. The van der Waals surface area contributed by atoms with Crippen molar-refractivity contribution < 1.29 is 58.6 Å². The van der Waals surface area contributed by atoms with Crippen LogP contribution in [-0.2, 0) is 14.9 Å². The predicted octanol–water partition coefficient (Wildman–Crippen LogP) is 1.17. The van der Waals surface area contributed by atoms with Crippen LogP contribution in [0.15, 0.2) is 29.2 Å². The minimum Gasteiger partial charge on any atom is -1.00 e. The smallest absolute Gasteiger partial charge is 1.00 e. The summed E-state index contributed by atoms with van der Waals surface area (Å²) in [6.07, 6.45) is 10.2. The molecule has 0 amide bonds. The predicted molar refractivity (Wildman–Crippen MR) is 113 cm³/mol. The van der Waals surface area contributed by atoms with Crippen molar-refractivity contribution in [3.63, 3.8) is 0 Å². The van der Waals surface area contributed by atoms with E-state index in [9.17, 15) is 18.3 Å². The molecule has 0 bridgehead atoms. The van der Waals surface area contributed by atoms with Gasteiger partial charge in [0.2, 0.25) is 0 Å². The van der Waals surface area contributed by atoms with Gasteiger partial charge in [-0.15, -0.1) is 0 Å². The minimum atomic E-state index is -4.25. The molecular weight excluding hydrogens is 417 g/mol. The Hall–Kier alpha value is -0.480. The van der Waals surface area contributed by atoms with E-state index in [0.717, 1.165) is 25.7 Å². The average Bonchev–Trinajstić information content (AvgIpc) is 2.67. The minimum absolute atomic E-state index is 0. The number of carbonyl (C=O) groups excluding carboxylic acids is 1. The van der Waals surface area contributed by atoms with E-state index in [1.165, 1.54) is 56.4 Å². The third-order valence-corrected chi connectivity index (χ3v) is 5.49. The summed E-state index contributed by atoms with van der Waals surface area (Å²) in [6.45, 7) is 2.91. The molecule has 0 aliphatic carbocycles. The Bertz CT molecular complexity index is 688. The van der Waals surface area contributed by atoms with Gasteiger partial charge in [-0.2, -0.15) is 8.42 Å². The maximum absolute atomic E-state index is 11.8. The molecule has 0 heterocycles. The van der Waals surface area contributed by atoms with Crippen molar-refractivity contribution in [3.8, 4) is 5.75 Å². The number of aliphatic hydroxyl groups excluding tert-OH is 1. The van der Waals surface area contributed by atoms with Crippen molar-refractivity contribution in [1.29, 1.82) is 0 Å². The molecule has 1 aromatic rings. The Morgan fingerprint density at radius 3 is 2.27 bits per heavy atom. The van der Waals surface area contributed by atoms with Gasteiger partial charge in [-0.25, -0.2) is 0 Å². The van der Waals surface area contributed by atoms with E-state index in [4.69, 9.17) is 9.29 Å². The molecule has 1 atom stereocenters. The number of hydrogen-bond donors (Lipinski definition) is 3. The normalized spacial score (nSPS) is 12.2. The van der Waals surface area contributed by atoms with Crippen LogP contribution >= 0.6 is 0 Å². The molecule has 168 valence electrons. The summed E-state index contributed by atoms with van der Waals surface area (Å²) in [4.78, 5) is 11.6. The maximum Gasteiger partial charge on any atom is 1.00 e. The van der Waals surface area contributed by atoms with Gasteiger partial charge in [0.15, 0.2) is 0 Å². The Morgan fingerprint density at radius 1 is 1.03 bits per heavy atom. The number of nitrogens with one attached hydrogen (secondary N) is 1. The van der Waals surface area contributed by atoms with Crippen molar-refractivity contribution in [2.45, 2.75) is 88.7 Å². The van der Waals surface area contributed by atoms with Crippen molar-refractivity contribution in [3.05, 3.63) is 24.3 Å². The number of ether oxygens (including phenoxy) is 1. The first-order chi connectivity index (χ1) is 13.8. The van der Waals surface area contributed by atoms with Gasteiger partial charge in [0.1, 0.15) is 12.0 Å². The molecule has 0 spiro atoms. The van der Waals surface area contributed by atoms with Crippen LogP contribution in [0.25, 0.3) is 0 Å². The maximum atomic E-state index is 11.8. The SMILES string of the molecule is CCCCCCCCC(O)NCCCCCC(=O)Oc1ccc(S(=O)(=O)O)cc1.[H-].[Na+]. The molecule has 3 N–H and O–H groups in total. The standard InChI is InChI=1S/C21H35NO6S.Na.H/c1-2-3-4-5-6-8-11-20(23)22-17-10-7-9-12-21(24)28-18-13-15-19(16-14-18)29(25,26)27;;/h13-16,20,22-23H,2-12,17H2,1H3,(H,25,26,27);;/q;+1;-1. The average molecular weight is 454 g/mol. The first-order valence-corrected chi connectivity index (χ1v) is 12.0. The Morgan fingerprint density at radius 2 is 1.63 bits per heavy atom. The summed E-state index contributed by atoms with van der Waals surface area (Å²) < 4.78 is 36.0. The number of benzene rings is 1. The molecule has 0 fully saturated rings. The van der Waals surface area contributed by atoms with Crippen LogP contribution in [0.1, 0.15) is 79.0 Å². The molecule has 30 heavy (non-hydrogen) atoms. The van der Waals surface area contributed by atoms with Crippen molar-refractivity contribution in [2.75, 3.05) is 6.54 Å². The molecule has 9 heteroatoms. The topological polar surface area (TPSA) is 113 Å². The third-order valence-electron chi connectivity index (χ3n) is 4.62. The van der Waals surface area contributed by atoms with E-state index in [1.54, 1.807) is 0 Å². The number of carbonyl (C=O) groups is 1. The number of hydrogen-bond acceptors (Lipinski definition) is 6. The monoisotopic (exact) mass is 453 g/mol. The Labute approximate surface area is 204 Å². The molecular formula is C21H36NNaO6S. The van der Waals surface area contributed by atoms with E-state index < -0.39 is 16.3 Å². The molecule has 0 aromatic heterocycles. The van der Waals surface area contributed by atoms with Gasteiger partial charge in [0.25, 0.3) is 10.1 Å². The second kappa shape index (κ2) is 17.1. The van der Waals surface area contributed by atoms with Gasteiger partial charge in [0.05, 0.1) is 4.90 Å². The summed E-state index contributed by atoms with van der Waals surface area (Å²) in [5.41, 5.74) is 0. The second-order valence-electron chi connectivity index (χ2n) is 7.26. The molecule has 1 unspecified atom stereocenters. The molecule has 0 aliphatic rings. The second-order valence-corrected chi connectivity index (χ2v) is 8.68. The number of rotatable bonds is 16. The fourth-order valence-electron chi connectivity index (χ4n) is 2.92. The first-order valence-electron chi connectivity index (χ1n) is 10.5. The Balaban J connectivity index is 0. The summed E-state index contributed by atoms with van der Waals surface area (Å²) >= 11 is 0. The van der Waals surface area contributed by atoms with Crippen LogP contribution in [0.4, 0.5) is 0 Å². The largest absolute Gasteiger partial charge is 1.00 e. The van der Waals surface area contributed by atoms with Gasteiger partial charge < -0.3 is 11.3 Å². The zero-order chi connectivity index (χ0) is 21.5. The fraction of sp³-hybridized carbons (Fsp3) is 0.667. The number of aliphatic hydroxyl groups is 1. The van der Waals surface area contributed by atoms with Crippen LogP contribution in [-0.4, -0.2) is 36.8 Å². The van der Waals surface area contributed by atoms with E-state index in [-0.39, 0.29) is 54.0 Å². The van der Waals surface area contributed by atoms with Crippen LogP contribution in [0.5, 0.6) is 5.75 Å². The molecule has 0 saturated carbocycles. The van der Waals surface area contributed by atoms with Crippen molar-refractivity contribution >= 4 is 16.1 Å². The van der Waals surface area contributed by atoms with E-state index >= 15 is 0 Å². The van der Waals surface area contributed by atoms with Gasteiger partial charge in [0, 0.05) is 6.42 Å². The molecule has 1 aromatic carbocycles.